The summed E-state index contributed by atoms with van der Waals surface area (Å²) in [6.45, 7) is 1.96. The Hall–Kier alpha value is -0.100. The van der Waals surface area contributed by atoms with Crippen molar-refractivity contribution in [3.05, 3.63) is 31.3 Å². The average molecular weight is 355 g/mol. The lowest BCUT2D eigenvalue weighted by atomic mass is 10.1. The molecule has 4 heteroatoms. The van der Waals surface area contributed by atoms with Crippen molar-refractivity contribution in [2.45, 2.75) is 13.3 Å². The molecule has 2 nitrogen and oxygen atoms in total. The molecule has 0 bridgehead atoms. The van der Waals surface area contributed by atoms with Crippen LogP contribution in [0.1, 0.15) is 11.1 Å². The highest BCUT2D eigenvalue weighted by Gasteiger charge is 2.08. The van der Waals surface area contributed by atoms with Crippen LogP contribution >= 0.6 is 38.5 Å². The van der Waals surface area contributed by atoms with Gasteiger partial charge in [-0.25, -0.2) is 0 Å². The summed E-state index contributed by atoms with van der Waals surface area (Å²) in [5.74, 6) is -0.804. The Balaban J connectivity index is 3.12. The molecule has 0 atom stereocenters. The van der Waals surface area contributed by atoms with Crippen LogP contribution in [0.2, 0.25) is 0 Å². The van der Waals surface area contributed by atoms with Gasteiger partial charge in [-0.2, -0.15) is 0 Å². The van der Waals surface area contributed by atoms with E-state index >= 15 is 0 Å². The fourth-order valence-electron chi connectivity index (χ4n) is 1.09. The second kappa shape index (κ2) is 4.41. The summed E-state index contributed by atoms with van der Waals surface area (Å²) in [5.41, 5.74) is 1.92. The molecule has 0 saturated carbocycles. The van der Waals surface area contributed by atoms with Gasteiger partial charge in [-0.15, -0.1) is 0 Å². The third kappa shape index (κ3) is 2.95. The maximum Gasteiger partial charge on any atom is 0.307 e. The van der Waals surface area contributed by atoms with Crippen LogP contribution in [0.4, 0.5) is 0 Å². The lowest BCUT2D eigenvalue weighted by molar-refractivity contribution is -0.136. The van der Waals surface area contributed by atoms with Crippen LogP contribution in [0.5, 0.6) is 0 Å². The highest BCUT2D eigenvalue weighted by molar-refractivity contribution is 14.1. The monoisotopic (exact) mass is 354 g/mol. The van der Waals surface area contributed by atoms with Gasteiger partial charge in [0.15, 0.2) is 0 Å². The first-order chi connectivity index (χ1) is 6.00. The molecular weight excluding hydrogens is 347 g/mol. The summed E-state index contributed by atoms with van der Waals surface area (Å²) in [5, 5.41) is 8.65. The van der Waals surface area contributed by atoms with Gasteiger partial charge in [-0.3, -0.25) is 4.79 Å². The molecule has 0 fully saturated rings. The smallest absolute Gasteiger partial charge is 0.307 e. The van der Waals surface area contributed by atoms with E-state index in [-0.39, 0.29) is 6.42 Å². The van der Waals surface area contributed by atoms with Gasteiger partial charge >= 0.3 is 5.97 Å². The van der Waals surface area contributed by atoms with Crippen molar-refractivity contribution in [2.75, 3.05) is 0 Å². The van der Waals surface area contributed by atoms with E-state index in [1.54, 1.807) is 0 Å². The van der Waals surface area contributed by atoms with Crippen molar-refractivity contribution in [1.82, 2.24) is 0 Å². The molecule has 70 valence electrons. The summed E-state index contributed by atoms with van der Waals surface area (Å²) < 4.78 is 1.94. The van der Waals surface area contributed by atoms with E-state index in [9.17, 15) is 4.79 Å². The van der Waals surface area contributed by atoms with Crippen molar-refractivity contribution in [3.63, 3.8) is 0 Å². The topological polar surface area (TPSA) is 37.3 Å². The van der Waals surface area contributed by atoms with E-state index in [0.717, 1.165) is 19.2 Å². The molecule has 1 N–H and O–H groups in total. The van der Waals surface area contributed by atoms with Gasteiger partial charge in [0.1, 0.15) is 0 Å². The fraction of sp³-hybridized carbons (Fsp3) is 0.222. The van der Waals surface area contributed by atoms with E-state index < -0.39 is 5.97 Å². The number of carbonyl (C=O) groups is 1. The average Bonchev–Trinajstić information content (AvgIpc) is 1.98. The van der Waals surface area contributed by atoms with Gasteiger partial charge in [-0.1, -0.05) is 6.07 Å². The SMILES string of the molecule is Cc1cc(I)c(Br)c(CC(=O)O)c1. The van der Waals surface area contributed by atoms with Crippen molar-refractivity contribution in [1.29, 1.82) is 0 Å². The Kier molecular flexibility index (Phi) is 3.73. The van der Waals surface area contributed by atoms with Crippen molar-refractivity contribution in [2.24, 2.45) is 0 Å². The Labute approximate surface area is 98.6 Å². The number of carboxylic acids is 1. The molecule has 1 aromatic carbocycles. The number of halogens is 2. The third-order valence-corrected chi connectivity index (χ3v) is 4.12. The number of rotatable bonds is 2. The van der Waals surface area contributed by atoms with Crippen molar-refractivity contribution in [3.8, 4) is 0 Å². The predicted octanol–water partition coefficient (Wildman–Crippen LogP) is 2.99. The Bertz CT molecular complexity index is 350. The number of aliphatic carboxylic acids is 1. The minimum atomic E-state index is -0.804. The predicted molar refractivity (Wildman–Crippen MR) is 62.9 cm³/mol. The van der Waals surface area contributed by atoms with Gasteiger partial charge in [0.25, 0.3) is 0 Å². The maximum atomic E-state index is 10.5. The molecule has 0 aliphatic rings. The van der Waals surface area contributed by atoms with E-state index in [2.05, 4.69) is 38.5 Å². The van der Waals surface area contributed by atoms with Crippen LogP contribution in [0, 0.1) is 10.5 Å². The van der Waals surface area contributed by atoms with Gasteiger partial charge in [-0.05, 0) is 62.6 Å². The zero-order chi connectivity index (χ0) is 10.0. The van der Waals surface area contributed by atoms with Crippen molar-refractivity contribution >= 4 is 44.5 Å². The summed E-state index contributed by atoms with van der Waals surface area (Å²) in [7, 11) is 0. The lowest BCUT2D eigenvalue weighted by Gasteiger charge is -2.05. The summed E-state index contributed by atoms with van der Waals surface area (Å²) in [6, 6.07) is 3.90. The second-order valence-electron chi connectivity index (χ2n) is 2.79. The van der Waals surface area contributed by atoms with E-state index in [1.165, 1.54) is 0 Å². The standard InChI is InChI=1S/C9H8BrIO2/c1-5-2-6(4-8(12)13)9(10)7(11)3-5/h2-3H,4H2,1H3,(H,12,13). The highest BCUT2D eigenvalue weighted by atomic mass is 127. The first-order valence-corrected chi connectivity index (χ1v) is 5.54. The Morgan fingerprint density at radius 3 is 2.77 bits per heavy atom. The number of benzene rings is 1. The number of aryl methyl sites for hydroxylation is 1. The molecule has 13 heavy (non-hydrogen) atoms. The molecule has 0 aliphatic carbocycles. The quantitative estimate of drug-likeness (QED) is 0.829. The Morgan fingerprint density at radius 2 is 2.23 bits per heavy atom. The molecule has 0 radical (unpaired) electrons. The minimum Gasteiger partial charge on any atom is -0.481 e. The van der Waals surface area contributed by atoms with E-state index in [1.807, 2.05) is 19.1 Å². The summed E-state index contributed by atoms with van der Waals surface area (Å²) >= 11 is 5.55. The molecule has 1 rings (SSSR count). The van der Waals surface area contributed by atoms with Gasteiger partial charge in [0.05, 0.1) is 6.42 Å². The number of carboxylic acid groups (broad SMARTS) is 1. The molecule has 0 aliphatic heterocycles. The normalized spacial score (nSPS) is 10.1. The molecule has 0 saturated heterocycles. The highest BCUT2D eigenvalue weighted by Crippen LogP contribution is 2.25. The van der Waals surface area contributed by atoms with Crippen LogP contribution < -0.4 is 0 Å². The fourth-order valence-corrected chi connectivity index (χ4v) is 2.29. The molecule has 1 aromatic rings. The van der Waals surface area contributed by atoms with Crippen LogP contribution in [0.3, 0.4) is 0 Å². The lowest BCUT2D eigenvalue weighted by Crippen LogP contribution is -2.02. The molecule has 0 aromatic heterocycles. The summed E-state index contributed by atoms with van der Waals surface area (Å²) in [4.78, 5) is 10.5. The van der Waals surface area contributed by atoms with Crippen LogP contribution in [0.15, 0.2) is 16.6 Å². The maximum absolute atomic E-state index is 10.5. The molecule has 0 spiro atoms. The molecule has 0 unspecified atom stereocenters. The minimum absolute atomic E-state index is 0.0677. The van der Waals surface area contributed by atoms with Crippen LogP contribution in [-0.2, 0) is 11.2 Å². The largest absolute Gasteiger partial charge is 0.481 e. The molecule has 0 amide bonds. The molecule has 0 heterocycles. The first-order valence-electron chi connectivity index (χ1n) is 3.67. The van der Waals surface area contributed by atoms with E-state index in [4.69, 9.17) is 5.11 Å². The van der Waals surface area contributed by atoms with Gasteiger partial charge in [0.2, 0.25) is 0 Å². The van der Waals surface area contributed by atoms with Crippen LogP contribution in [0.25, 0.3) is 0 Å². The first kappa shape index (κ1) is 11.0. The Morgan fingerprint density at radius 1 is 1.62 bits per heavy atom. The zero-order valence-electron chi connectivity index (χ0n) is 6.97. The van der Waals surface area contributed by atoms with Crippen molar-refractivity contribution < 1.29 is 9.90 Å². The third-order valence-electron chi connectivity index (χ3n) is 1.59. The van der Waals surface area contributed by atoms with Gasteiger partial charge in [0, 0.05) is 8.04 Å². The summed E-state index contributed by atoms with van der Waals surface area (Å²) in [6.07, 6.45) is 0.0677. The van der Waals surface area contributed by atoms with E-state index in [0.29, 0.717) is 0 Å². The van der Waals surface area contributed by atoms with Crippen LogP contribution in [-0.4, -0.2) is 11.1 Å². The van der Waals surface area contributed by atoms with Gasteiger partial charge < -0.3 is 5.11 Å². The zero-order valence-corrected chi connectivity index (χ0v) is 10.7. The number of hydrogen-bond acceptors (Lipinski definition) is 1. The second-order valence-corrected chi connectivity index (χ2v) is 4.75. The number of hydrogen-bond donors (Lipinski definition) is 1. The molecular formula is C9H8BrIO2.